The normalized spacial score (nSPS) is 11.8. The molecule has 3 N–H and O–H groups in total. The molecule has 0 heterocycles. The Balaban J connectivity index is 2.85. The van der Waals surface area contributed by atoms with E-state index >= 15 is 0 Å². The van der Waals surface area contributed by atoms with Crippen LogP contribution >= 0.6 is 23.2 Å². The molecule has 0 fully saturated rings. The third-order valence-electron chi connectivity index (χ3n) is 2.45. The predicted octanol–water partition coefficient (Wildman–Crippen LogP) is 5.01. The second-order valence-electron chi connectivity index (χ2n) is 4.19. The van der Waals surface area contributed by atoms with Crippen LogP contribution in [0.15, 0.2) is 48.7 Å². The van der Waals surface area contributed by atoms with Gasteiger partial charge in [0.25, 0.3) is 0 Å². The van der Waals surface area contributed by atoms with Crippen LogP contribution in [-0.4, -0.2) is 17.3 Å². The lowest BCUT2D eigenvalue weighted by atomic mass is 10.2. The SMILES string of the molecule is C=C/C(=C\C(=C)C(F)(F)F)NC(=O)Nc1cc(Cl)c(O)c(Cl)c1. The Morgan fingerprint density at radius 2 is 1.78 bits per heavy atom. The molecule has 0 atom stereocenters. The summed E-state index contributed by atoms with van der Waals surface area (Å²) in [6.07, 6.45) is -2.97. The first-order chi connectivity index (χ1) is 10.5. The second-order valence-corrected chi connectivity index (χ2v) is 5.01. The van der Waals surface area contributed by atoms with Crippen LogP contribution in [0.3, 0.4) is 0 Å². The van der Waals surface area contributed by atoms with Gasteiger partial charge in [0.2, 0.25) is 0 Å². The van der Waals surface area contributed by atoms with Gasteiger partial charge in [0, 0.05) is 11.4 Å². The van der Waals surface area contributed by atoms with Crippen LogP contribution in [0, 0.1) is 0 Å². The minimum atomic E-state index is -4.62. The topological polar surface area (TPSA) is 61.4 Å². The quantitative estimate of drug-likeness (QED) is 0.518. The largest absolute Gasteiger partial charge is 0.505 e. The number of phenols is 1. The van der Waals surface area contributed by atoms with Crippen molar-refractivity contribution in [3.8, 4) is 5.75 Å². The molecule has 124 valence electrons. The zero-order valence-electron chi connectivity index (χ0n) is 11.5. The number of amides is 2. The van der Waals surface area contributed by atoms with Crippen molar-refractivity contribution in [3.63, 3.8) is 0 Å². The van der Waals surface area contributed by atoms with Gasteiger partial charge < -0.3 is 15.7 Å². The average Bonchev–Trinajstić information content (AvgIpc) is 2.42. The van der Waals surface area contributed by atoms with Gasteiger partial charge in [-0.1, -0.05) is 36.4 Å². The molecule has 0 aliphatic heterocycles. The summed E-state index contributed by atoms with van der Waals surface area (Å²) in [5, 5.41) is 13.6. The highest BCUT2D eigenvalue weighted by molar-refractivity contribution is 6.37. The number of phenolic OH excluding ortho intramolecular Hbond substituents is 1. The minimum absolute atomic E-state index is 0.0993. The van der Waals surface area contributed by atoms with Crippen molar-refractivity contribution in [2.75, 3.05) is 5.32 Å². The highest BCUT2D eigenvalue weighted by atomic mass is 35.5. The third-order valence-corrected chi connectivity index (χ3v) is 3.02. The Morgan fingerprint density at radius 3 is 2.22 bits per heavy atom. The number of carbonyl (C=O) groups is 1. The van der Waals surface area contributed by atoms with Crippen LogP contribution in [0.25, 0.3) is 0 Å². The van der Waals surface area contributed by atoms with Gasteiger partial charge in [-0.05, 0) is 24.3 Å². The van der Waals surface area contributed by atoms with Crippen LogP contribution in [0.2, 0.25) is 10.0 Å². The minimum Gasteiger partial charge on any atom is -0.505 e. The summed E-state index contributed by atoms with van der Waals surface area (Å²) in [7, 11) is 0. The molecule has 4 nitrogen and oxygen atoms in total. The first-order valence-corrected chi connectivity index (χ1v) is 6.66. The van der Waals surface area contributed by atoms with Crippen LogP contribution in [-0.2, 0) is 0 Å². The van der Waals surface area contributed by atoms with Gasteiger partial charge in [-0.3, -0.25) is 0 Å². The molecule has 0 saturated carbocycles. The van der Waals surface area contributed by atoms with E-state index in [0.717, 1.165) is 6.08 Å². The zero-order chi connectivity index (χ0) is 17.8. The van der Waals surface area contributed by atoms with E-state index in [1.54, 1.807) is 0 Å². The number of alkyl halides is 3. The number of anilines is 1. The molecule has 1 aromatic carbocycles. The maximum atomic E-state index is 12.4. The average molecular weight is 367 g/mol. The van der Waals surface area contributed by atoms with Gasteiger partial charge in [-0.15, -0.1) is 0 Å². The number of hydrogen-bond donors (Lipinski definition) is 3. The van der Waals surface area contributed by atoms with Gasteiger partial charge in [0.15, 0.2) is 5.75 Å². The molecule has 0 aliphatic rings. The lowest BCUT2D eigenvalue weighted by Crippen LogP contribution is -2.28. The monoisotopic (exact) mass is 366 g/mol. The number of hydrogen-bond acceptors (Lipinski definition) is 2. The van der Waals surface area contributed by atoms with E-state index < -0.39 is 17.8 Å². The fourth-order valence-electron chi connectivity index (χ4n) is 1.35. The molecule has 9 heteroatoms. The molecule has 0 aliphatic carbocycles. The fourth-order valence-corrected chi connectivity index (χ4v) is 1.83. The second kappa shape index (κ2) is 7.43. The summed E-state index contributed by atoms with van der Waals surface area (Å²) in [4.78, 5) is 11.8. The Kier molecular flexibility index (Phi) is 6.12. The number of urea groups is 1. The summed E-state index contributed by atoms with van der Waals surface area (Å²) in [5.41, 5.74) is -1.22. The fraction of sp³-hybridized carbons (Fsp3) is 0.0714. The molecular weight excluding hydrogens is 356 g/mol. The van der Waals surface area contributed by atoms with E-state index in [0.29, 0.717) is 6.08 Å². The van der Waals surface area contributed by atoms with E-state index in [2.05, 4.69) is 23.8 Å². The van der Waals surface area contributed by atoms with Crippen LogP contribution < -0.4 is 10.6 Å². The van der Waals surface area contributed by atoms with Crippen molar-refractivity contribution >= 4 is 34.9 Å². The van der Waals surface area contributed by atoms with Crippen molar-refractivity contribution < 1.29 is 23.1 Å². The Morgan fingerprint density at radius 1 is 1.26 bits per heavy atom. The molecule has 0 spiro atoms. The van der Waals surface area contributed by atoms with Crippen molar-refractivity contribution in [2.24, 2.45) is 0 Å². The molecular formula is C14H11Cl2F3N2O2. The van der Waals surface area contributed by atoms with Crippen molar-refractivity contribution in [3.05, 3.63) is 58.8 Å². The molecule has 0 aromatic heterocycles. The Labute approximate surface area is 139 Å². The zero-order valence-corrected chi connectivity index (χ0v) is 13.0. The lowest BCUT2D eigenvalue weighted by molar-refractivity contribution is -0.0878. The van der Waals surface area contributed by atoms with Gasteiger partial charge in [0.05, 0.1) is 15.6 Å². The number of benzene rings is 1. The van der Waals surface area contributed by atoms with E-state index in [9.17, 15) is 23.1 Å². The van der Waals surface area contributed by atoms with Gasteiger partial charge >= 0.3 is 12.2 Å². The first-order valence-electron chi connectivity index (χ1n) is 5.91. The van der Waals surface area contributed by atoms with Gasteiger partial charge in [0.1, 0.15) is 0 Å². The van der Waals surface area contributed by atoms with E-state index in [4.69, 9.17) is 23.2 Å². The van der Waals surface area contributed by atoms with Crippen LogP contribution in [0.4, 0.5) is 23.7 Å². The van der Waals surface area contributed by atoms with Crippen molar-refractivity contribution in [2.45, 2.75) is 6.18 Å². The van der Waals surface area contributed by atoms with E-state index in [1.807, 2.05) is 0 Å². The van der Waals surface area contributed by atoms with Gasteiger partial charge in [-0.25, -0.2) is 4.79 Å². The number of carbonyl (C=O) groups excluding carboxylic acids is 1. The van der Waals surface area contributed by atoms with Crippen LogP contribution in [0.5, 0.6) is 5.75 Å². The smallest absolute Gasteiger partial charge is 0.415 e. The number of halogens is 5. The number of nitrogens with one attached hydrogen (secondary N) is 2. The number of allylic oxidation sites excluding steroid dienone is 3. The summed E-state index contributed by atoms with van der Waals surface area (Å²) < 4.78 is 37.2. The summed E-state index contributed by atoms with van der Waals surface area (Å²) >= 11 is 11.4. The molecule has 0 bridgehead atoms. The first kappa shape index (κ1) is 18.9. The molecule has 2 amide bonds. The van der Waals surface area contributed by atoms with Crippen molar-refractivity contribution in [1.82, 2.24) is 5.32 Å². The number of rotatable bonds is 4. The standard InChI is InChI=1S/C14H11Cl2F3N2O2/c1-3-8(4-7(2)14(17,18)19)20-13(23)21-9-5-10(15)12(22)11(16)6-9/h3-6,22H,1-2H2,(H2,20,21,23)/b8-4+. The highest BCUT2D eigenvalue weighted by Crippen LogP contribution is 2.34. The predicted molar refractivity (Wildman–Crippen MR) is 83.8 cm³/mol. The maximum Gasteiger partial charge on any atom is 0.415 e. The van der Waals surface area contributed by atoms with Crippen molar-refractivity contribution in [1.29, 1.82) is 0 Å². The Hall–Kier alpha value is -2.12. The Bertz CT molecular complexity index is 662. The maximum absolute atomic E-state index is 12.4. The van der Waals surface area contributed by atoms with Crippen LogP contribution in [0.1, 0.15) is 0 Å². The molecule has 0 saturated heterocycles. The number of aromatic hydroxyl groups is 1. The van der Waals surface area contributed by atoms with Gasteiger partial charge in [-0.2, -0.15) is 13.2 Å². The third kappa shape index (κ3) is 5.54. The van der Waals surface area contributed by atoms with E-state index in [-0.39, 0.29) is 27.2 Å². The molecule has 1 aromatic rings. The summed E-state index contributed by atoms with van der Waals surface area (Å²) in [6, 6.07) is 1.58. The molecule has 23 heavy (non-hydrogen) atoms. The lowest BCUT2D eigenvalue weighted by Gasteiger charge is -2.11. The molecule has 0 radical (unpaired) electrons. The summed E-state index contributed by atoms with van der Waals surface area (Å²) in [6.45, 7) is 6.16. The molecule has 1 rings (SSSR count). The highest BCUT2D eigenvalue weighted by Gasteiger charge is 2.30. The summed E-state index contributed by atoms with van der Waals surface area (Å²) in [5.74, 6) is -0.354. The molecule has 0 unspecified atom stereocenters. The van der Waals surface area contributed by atoms with E-state index in [1.165, 1.54) is 12.1 Å².